The minimum atomic E-state index is -1.18. The highest BCUT2D eigenvalue weighted by atomic mass is 35.5. The number of amides is 3. The van der Waals surface area contributed by atoms with E-state index < -0.39 is 30.0 Å². The summed E-state index contributed by atoms with van der Waals surface area (Å²) in [6.07, 6.45) is 0.358. The van der Waals surface area contributed by atoms with Gasteiger partial charge in [0.1, 0.15) is 18.7 Å². The summed E-state index contributed by atoms with van der Waals surface area (Å²) in [5.41, 5.74) is 0.136. The molecule has 2 aromatic rings. The highest BCUT2D eigenvalue weighted by Gasteiger charge is 2.51. The zero-order valence-corrected chi connectivity index (χ0v) is 16.6. The molecule has 0 aliphatic carbocycles. The lowest BCUT2D eigenvalue weighted by Crippen LogP contribution is -2.43. The number of ether oxygens (including phenoxy) is 1. The number of hydrogen-bond acceptors (Lipinski definition) is 4. The first-order chi connectivity index (χ1) is 13.4. The molecule has 1 N–H and O–H groups in total. The van der Waals surface area contributed by atoms with E-state index in [0.717, 1.165) is 4.90 Å². The smallest absolute Gasteiger partial charge is 0.326 e. The van der Waals surface area contributed by atoms with E-state index in [0.29, 0.717) is 27.6 Å². The highest BCUT2D eigenvalue weighted by molar-refractivity contribution is 6.42. The van der Waals surface area contributed by atoms with Crippen LogP contribution in [-0.4, -0.2) is 29.4 Å². The maximum Gasteiger partial charge on any atom is 0.326 e. The number of carbonyl (C=O) groups is 3. The van der Waals surface area contributed by atoms with Crippen LogP contribution >= 0.6 is 23.2 Å². The average molecular weight is 421 g/mol. The van der Waals surface area contributed by atoms with Gasteiger partial charge in [-0.3, -0.25) is 14.5 Å². The molecule has 0 bridgehead atoms. The Morgan fingerprint density at radius 3 is 2.46 bits per heavy atom. The molecule has 1 unspecified atom stereocenters. The zero-order valence-electron chi connectivity index (χ0n) is 15.1. The summed E-state index contributed by atoms with van der Waals surface area (Å²) < 4.78 is 5.17. The predicted octanol–water partition coefficient (Wildman–Crippen LogP) is 3.89. The Labute approximate surface area is 172 Å². The summed E-state index contributed by atoms with van der Waals surface area (Å²) in [6, 6.07) is 13.2. The third kappa shape index (κ3) is 3.84. The Morgan fingerprint density at radius 2 is 1.82 bits per heavy atom. The number of halogens is 2. The third-order valence-electron chi connectivity index (χ3n) is 4.64. The van der Waals surface area contributed by atoms with Gasteiger partial charge in [-0.05, 0) is 29.7 Å². The first-order valence-corrected chi connectivity index (χ1v) is 9.42. The van der Waals surface area contributed by atoms with Crippen LogP contribution in [0.5, 0.6) is 0 Å². The van der Waals surface area contributed by atoms with Crippen LogP contribution in [0.2, 0.25) is 10.0 Å². The Morgan fingerprint density at radius 1 is 1.11 bits per heavy atom. The summed E-state index contributed by atoms with van der Waals surface area (Å²) in [7, 11) is 0. The predicted molar refractivity (Wildman–Crippen MR) is 105 cm³/mol. The Bertz CT molecular complexity index is 920. The molecule has 2 aromatic carbocycles. The SMILES string of the molecule is CCC1(c2ccccc2)NC(=O)N(CC(=O)OCc2ccc(Cl)c(Cl)c2)C1=O. The summed E-state index contributed by atoms with van der Waals surface area (Å²) in [6.45, 7) is 1.29. The van der Waals surface area contributed by atoms with Crippen LogP contribution in [0.1, 0.15) is 24.5 Å². The molecule has 0 spiro atoms. The van der Waals surface area contributed by atoms with Crippen molar-refractivity contribution in [3.63, 3.8) is 0 Å². The standard InChI is InChI=1S/C20H18Cl2N2O4/c1-2-20(14-6-4-3-5-7-14)18(26)24(19(27)23-20)11-17(25)28-12-13-8-9-15(21)16(22)10-13/h3-10H,2,11-12H2,1H3,(H,23,27). The lowest BCUT2D eigenvalue weighted by Gasteiger charge is -2.25. The first kappa shape index (κ1) is 20.2. The second kappa shape index (κ2) is 8.20. The van der Waals surface area contributed by atoms with Crippen LogP contribution in [0.3, 0.4) is 0 Å². The molecule has 3 rings (SSSR count). The first-order valence-electron chi connectivity index (χ1n) is 8.66. The second-order valence-corrected chi connectivity index (χ2v) is 7.17. The van der Waals surface area contributed by atoms with E-state index >= 15 is 0 Å². The molecule has 1 heterocycles. The summed E-state index contributed by atoms with van der Waals surface area (Å²) >= 11 is 11.8. The van der Waals surface area contributed by atoms with Crippen molar-refractivity contribution in [3.8, 4) is 0 Å². The molecular weight excluding hydrogens is 403 g/mol. The Hall–Kier alpha value is -2.57. The van der Waals surface area contributed by atoms with Gasteiger partial charge in [0.25, 0.3) is 5.91 Å². The maximum absolute atomic E-state index is 13.0. The zero-order chi connectivity index (χ0) is 20.3. The van der Waals surface area contributed by atoms with E-state index in [9.17, 15) is 14.4 Å². The molecule has 1 aliphatic rings. The van der Waals surface area contributed by atoms with Gasteiger partial charge in [0.15, 0.2) is 0 Å². The molecule has 0 aromatic heterocycles. The molecule has 146 valence electrons. The van der Waals surface area contributed by atoms with Gasteiger partial charge in [0.05, 0.1) is 10.0 Å². The van der Waals surface area contributed by atoms with E-state index in [-0.39, 0.29) is 6.61 Å². The van der Waals surface area contributed by atoms with Crippen LogP contribution in [0.4, 0.5) is 4.79 Å². The largest absolute Gasteiger partial charge is 0.459 e. The molecule has 0 radical (unpaired) electrons. The number of imide groups is 1. The fourth-order valence-corrected chi connectivity index (χ4v) is 3.42. The van der Waals surface area contributed by atoms with E-state index in [1.54, 1.807) is 49.4 Å². The van der Waals surface area contributed by atoms with Crippen molar-refractivity contribution >= 4 is 41.1 Å². The van der Waals surface area contributed by atoms with E-state index in [1.807, 2.05) is 6.07 Å². The van der Waals surface area contributed by atoms with Crippen molar-refractivity contribution in [2.75, 3.05) is 6.54 Å². The topological polar surface area (TPSA) is 75.7 Å². The average Bonchev–Trinajstić information content (AvgIpc) is 2.94. The number of esters is 1. The molecule has 1 fully saturated rings. The van der Waals surface area contributed by atoms with Crippen molar-refractivity contribution in [2.24, 2.45) is 0 Å². The monoisotopic (exact) mass is 420 g/mol. The van der Waals surface area contributed by atoms with Crippen LogP contribution in [-0.2, 0) is 26.5 Å². The number of rotatable bonds is 6. The van der Waals surface area contributed by atoms with Gasteiger partial charge in [0, 0.05) is 0 Å². The van der Waals surface area contributed by atoms with Crippen LogP contribution in [0.25, 0.3) is 0 Å². The van der Waals surface area contributed by atoms with Gasteiger partial charge in [0.2, 0.25) is 0 Å². The summed E-state index contributed by atoms with van der Waals surface area (Å²) in [5, 5.41) is 3.47. The van der Waals surface area contributed by atoms with Crippen molar-refractivity contribution in [3.05, 3.63) is 69.7 Å². The number of nitrogens with one attached hydrogen (secondary N) is 1. The van der Waals surface area contributed by atoms with Crippen molar-refractivity contribution in [1.29, 1.82) is 0 Å². The number of urea groups is 1. The molecule has 8 heteroatoms. The second-order valence-electron chi connectivity index (χ2n) is 6.36. The fraction of sp³-hybridized carbons (Fsp3) is 0.250. The summed E-state index contributed by atoms with van der Waals surface area (Å²) in [4.78, 5) is 38.4. The van der Waals surface area contributed by atoms with Gasteiger partial charge in [-0.25, -0.2) is 4.79 Å². The van der Waals surface area contributed by atoms with Crippen LogP contribution in [0, 0.1) is 0 Å². The van der Waals surface area contributed by atoms with E-state index in [4.69, 9.17) is 27.9 Å². The fourth-order valence-electron chi connectivity index (χ4n) is 3.10. The Balaban J connectivity index is 1.68. The van der Waals surface area contributed by atoms with Crippen LogP contribution in [0.15, 0.2) is 48.5 Å². The quantitative estimate of drug-likeness (QED) is 0.567. The molecule has 3 amide bonds. The van der Waals surface area contributed by atoms with Gasteiger partial charge in [-0.2, -0.15) is 0 Å². The minimum Gasteiger partial charge on any atom is -0.459 e. The minimum absolute atomic E-state index is 0.0447. The van der Waals surface area contributed by atoms with Gasteiger partial charge >= 0.3 is 12.0 Å². The van der Waals surface area contributed by atoms with Gasteiger partial charge in [-0.1, -0.05) is 66.5 Å². The number of carbonyl (C=O) groups excluding carboxylic acids is 3. The highest BCUT2D eigenvalue weighted by Crippen LogP contribution is 2.32. The summed E-state index contributed by atoms with van der Waals surface area (Å²) in [5.74, 6) is -1.17. The van der Waals surface area contributed by atoms with E-state index in [2.05, 4.69) is 5.32 Å². The molecule has 1 saturated heterocycles. The third-order valence-corrected chi connectivity index (χ3v) is 5.38. The molecule has 6 nitrogen and oxygen atoms in total. The number of benzene rings is 2. The lowest BCUT2D eigenvalue weighted by molar-refractivity contribution is -0.149. The van der Waals surface area contributed by atoms with Crippen molar-refractivity contribution < 1.29 is 19.1 Å². The molecule has 1 atom stereocenters. The molecule has 1 aliphatic heterocycles. The Kier molecular flexibility index (Phi) is 5.91. The van der Waals surface area contributed by atoms with Gasteiger partial charge < -0.3 is 10.1 Å². The molecule has 0 saturated carbocycles. The molecule has 28 heavy (non-hydrogen) atoms. The van der Waals surface area contributed by atoms with E-state index in [1.165, 1.54) is 0 Å². The van der Waals surface area contributed by atoms with Crippen molar-refractivity contribution in [2.45, 2.75) is 25.5 Å². The maximum atomic E-state index is 13.0. The van der Waals surface area contributed by atoms with Crippen LogP contribution < -0.4 is 5.32 Å². The lowest BCUT2D eigenvalue weighted by atomic mass is 9.87. The molecular formula is C20H18Cl2N2O4. The number of hydrogen-bond donors (Lipinski definition) is 1. The normalized spacial score (nSPS) is 18.9. The van der Waals surface area contributed by atoms with Crippen molar-refractivity contribution in [1.82, 2.24) is 10.2 Å². The van der Waals surface area contributed by atoms with Gasteiger partial charge in [-0.15, -0.1) is 0 Å². The number of nitrogens with zero attached hydrogens (tertiary/aromatic N) is 1.